The van der Waals surface area contributed by atoms with Gasteiger partial charge in [0, 0.05) is 13.0 Å². The van der Waals surface area contributed by atoms with Crippen molar-refractivity contribution >= 4 is 11.9 Å². The van der Waals surface area contributed by atoms with E-state index in [1.165, 1.54) is 0 Å². The number of carboxylic acid groups (broad SMARTS) is 1. The summed E-state index contributed by atoms with van der Waals surface area (Å²) in [4.78, 5) is 22.2. The maximum absolute atomic E-state index is 13.7. The van der Waals surface area contributed by atoms with E-state index < -0.39 is 24.2 Å². The molecule has 3 unspecified atom stereocenters. The van der Waals surface area contributed by atoms with Gasteiger partial charge in [0.15, 0.2) is 0 Å². The highest BCUT2D eigenvalue weighted by Gasteiger charge is 2.37. The average Bonchev–Trinajstić information content (AvgIpc) is 2.41. The number of halogens is 1. The molecule has 1 fully saturated rings. The number of aliphatic carboxylic acids is 1. The summed E-state index contributed by atoms with van der Waals surface area (Å²) in [5.74, 6) is -2.08. The number of amides is 1. The molecule has 21 heavy (non-hydrogen) atoms. The molecule has 0 radical (unpaired) electrons. The molecule has 3 atom stereocenters. The Balaban J connectivity index is 2.06. The molecule has 122 valence electrons. The highest BCUT2D eigenvalue weighted by atomic mass is 19.1. The Kier molecular flexibility index (Phi) is 8.27. The average molecular weight is 303 g/mol. The Hall–Kier alpha value is -1.17. The monoisotopic (exact) mass is 303 g/mol. The maximum Gasteiger partial charge on any atom is 0.303 e. The summed E-state index contributed by atoms with van der Waals surface area (Å²) < 4.78 is 13.7. The topological polar surface area (TPSA) is 86.6 Å². The fourth-order valence-corrected chi connectivity index (χ4v) is 2.72. The van der Waals surface area contributed by atoms with Gasteiger partial charge >= 0.3 is 5.97 Å². The van der Waals surface area contributed by atoms with Crippen LogP contribution in [0.5, 0.6) is 0 Å². The van der Waals surface area contributed by atoms with Gasteiger partial charge in [-0.3, -0.25) is 9.59 Å². The lowest BCUT2D eigenvalue weighted by Crippen LogP contribution is -2.45. The molecule has 0 aliphatic heterocycles. The molecule has 0 aromatic rings. The van der Waals surface area contributed by atoms with E-state index in [4.69, 9.17) is 5.11 Å². The van der Waals surface area contributed by atoms with Gasteiger partial charge < -0.3 is 15.5 Å². The molecule has 0 aromatic heterocycles. The largest absolute Gasteiger partial charge is 0.481 e. The Morgan fingerprint density at radius 1 is 1.10 bits per heavy atom. The van der Waals surface area contributed by atoms with Crippen LogP contribution in [0.25, 0.3) is 0 Å². The predicted octanol–water partition coefficient (Wildman–Crippen LogP) is 2.03. The molecule has 0 aromatic carbocycles. The van der Waals surface area contributed by atoms with E-state index in [1.807, 2.05) is 0 Å². The van der Waals surface area contributed by atoms with Gasteiger partial charge in [-0.05, 0) is 32.1 Å². The van der Waals surface area contributed by atoms with Crippen molar-refractivity contribution in [2.45, 2.75) is 70.1 Å². The summed E-state index contributed by atoms with van der Waals surface area (Å²) in [6, 6.07) is 0. The van der Waals surface area contributed by atoms with Crippen molar-refractivity contribution < 1.29 is 24.2 Å². The van der Waals surface area contributed by atoms with Crippen molar-refractivity contribution in [1.29, 1.82) is 0 Å². The molecule has 0 spiro atoms. The second-order valence-corrected chi connectivity index (χ2v) is 5.74. The zero-order valence-corrected chi connectivity index (χ0v) is 12.4. The SMILES string of the molecule is O=C(O)CCCCCCCNC(=O)C1C(O)CCCC1F. The number of hydrogen-bond acceptors (Lipinski definition) is 3. The first-order valence-electron chi connectivity index (χ1n) is 7.84. The molecule has 1 amide bonds. The summed E-state index contributed by atoms with van der Waals surface area (Å²) in [6.07, 6.45) is 3.73. The molecule has 5 nitrogen and oxygen atoms in total. The van der Waals surface area contributed by atoms with E-state index in [9.17, 15) is 19.1 Å². The number of alkyl halides is 1. The van der Waals surface area contributed by atoms with Crippen LogP contribution in [0.4, 0.5) is 4.39 Å². The van der Waals surface area contributed by atoms with Crippen molar-refractivity contribution in [2.24, 2.45) is 5.92 Å². The molecule has 1 rings (SSSR count). The summed E-state index contributed by atoms with van der Waals surface area (Å²) in [5.41, 5.74) is 0. The van der Waals surface area contributed by atoms with Crippen molar-refractivity contribution in [3.63, 3.8) is 0 Å². The van der Waals surface area contributed by atoms with Crippen LogP contribution in [-0.2, 0) is 9.59 Å². The van der Waals surface area contributed by atoms with Gasteiger partial charge in [-0.2, -0.15) is 0 Å². The molecule has 1 saturated carbocycles. The lowest BCUT2D eigenvalue weighted by atomic mass is 9.84. The zero-order valence-electron chi connectivity index (χ0n) is 12.4. The van der Waals surface area contributed by atoms with Gasteiger partial charge in [0.25, 0.3) is 0 Å². The Morgan fingerprint density at radius 3 is 2.43 bits per heavy atom. The van der Waals surface area contributed by atoms with E-state index in [0.29, 0.717) is 32.2 Å². The first-order chi connectivity index (χ1) is 10.0. The normalized spacial score (nSPS) is 25.5. The molecule has 0 bridgehead atoms. The minimum atomic E-state index is -1.25. The van der Waals surface area contributed by atoms with E-state index in [-0.39, 0.29) is 12.3 Å². The van der Waals surface area contributed by atoms with Crippen molar-refractivity contribution in [3.05, 3.63) is 0 Å². The Morgan fingerprint density at radius 2 is 1.76 bits per heavy atom. The first-order valence-corrected chi connectivity index (χ1v) is 7.84. The fourth-order valence-electron chi connectivity index (χ4n) is 2.72. The van der Waals surface area contributed by atoms with Gasteiger partial charge in [0.05, 0.1) is 12.0 Å². The van der Waals surface area contributed by atoms with Crippen LogP contribution >= 0.6 is 0 Å². The molecule has 1 aliphatic carbocycles. The predicted molar refractivity (Wildman–Crippen MR) is 76.6 cm³/mol. The third-order valence-electron chi connectivity index (χ3n) is 3.95. The summed E-state index contributed by atoms with van der Waals surface area (Å²) in [7, 11) is 0. The van der Waals surface area contributed by atoms with E-state index in [1.54, 1.807) is 0 Å². The Labute approximate surface area is 124 Å². The van der Waals surface area contributed by atoms with Crippen LogP contribution in [0.3, 0.4) is 0 Å². The molecule has 3 N–H and O–H groups in total. The van der Waals surface area contributed by atoms with Crippen molar-refractivity contribution in [3.8, 4) is 0 Å². The lowest BCUT2D eigenvalue weighted by molar-refractivity contribution is -0.137. The summed E-state index contributed by atoms with van der Waals surface area (Å²) in [5, 5.41) is 20.9. The van der Waals surface area contributed by atoms with Crippen LogP contribution in [0.2, 0.25) is 0 Å². The third-order valence-corrected chi connectivity index (χ3v) is 3.95. The van der Waals surface area contributed by atoms with Crippen LogP contribution in [0.15, 0.2) is 0 Å². The van der Waals surface area contributed by atoms with Gasteiger partial charge in [0.1, 0.15) is 6.17 Å². The maximum atomic E-state index is 13.7. The standard InChI is InChI=1S/C15H26FNO4/c16-11-7-6-8-12(18)14(11)15(21)17-10-5-3-1-2-4-9-13(19)20/h11-12,14,18H,1-10H2,(H,17,21)(H,19,20). The zero-order chi connectivity index (χ0) is 15.7. The van der Waals surface area contributed by atoms with Gasteiger partial charge in [-0.25, -0.2) is 4.39 Å². The molecule has 6 heteroatoms. The minimum absolute atomic E-state index is 0.203. The molecule has 0 heterocycles. The number of hydrogen-bond donors (Lipinski definition) is 3. The first kappa shape index (κ1) is 17.9. The quantitative estimate of drug-likeness (QED) is 0.569. The number of rotatable bonds is 9. The number of carbonyl (C=O) groups excluding carboxylic acids is 1. The number of carboxylic acids is 1. The van der Waals surface area contributed by atoms with Gasteiger partial charge in [-0.15, -0.1) is 0 Å². The van der Waals surface area contributed by atoms with Crippen LogP contribution in [0.1, 0.15) is 57.8 Å². The van der Waals surface area contributed by atoms with Crippen LogP contribution in [0, 0.1) is 5.92 Å². The summed E-state index contributed by atoms with van der Waals surface area (Å²) >= 11 is 0. The highest BCUT2D eigenvalue weighted by molar-refractivity contribution is 5.80. The smallest absolute Gasteiger partial charge is 0.303 e. The number of aliphatic hydroxyl groups excluding tert-OH is 1. The third kappa shape index (κ3) is 6.89. The van der Waals surface area contributed by atoms with Crippen molar-refractivity contribution in [1.82, 2.24) is 5.32 Å². The Bertz CT molecular complexity index is 328. The number of carbonyl (C=O) groups is 2. The van der Waals surface area contributed by atoms with E-state index >= 15 is 0 Å². The number of aliphatic hydroxyl groups is 1. The summed E-state index contributed by atoms with van der Waals surface area (Å²) in [6.45, 7) is 0.480. The molecule has 0 saturated heterocycles. The van der Waals surface area contributed by atoms with E-state index in [0.717, 1.165) is 25.7 Å². The molecular formula is C15H26FNO4. The number of nitrogens with one attached hydrogen (secondary N) is 1. The van der Waals surface area contributed by atoms with Crippen LogP contribution in [-0.4, -0.2) is 40.9 Å². The number of unbranched alkanes of at least 4 members (excludes halogenated alkanes) is 4. The van der Waals surface area contributed by atoms with E-state index in [2.05, 4.69) is 5.32 Å². The minimum Gasteiger partial charge on any atom is -0.481 e. The van der Waals surface area contributed by atoms with Gasteiger partial charge in [-0.1, -0.05) is 19.3 Å². The van der Waals surface area contributed by atoms with Crippen molar-refractivity contribution in [2.75, 3.05) is 6.54 Å². The van der Waals surface area contributed by atoms with Crippen LogP contribution < -0.4 is 5.32 Å². The second kappa shape index (κ2) is 9.71. The highest BCUT2D eigenvalue weighted by Crippen LogP contribution is 2.27. The molecular weight excluding hydrogens is 277 g/mol. The lowest BCUT2D eigenvalue weighted by Gasteiger charge is -2.29. The van der Waals surface area contributed by atoms with Gasteiger partial charge in [0.2, 0.25) is 5.91 Å². The fraction of sp³-hybridized carbons (Fsp3) is 0.867. The molecule has 1 aliphatic rings. The second-order valence-electron chi connectivity index (χ2n) is 5.74.